The summed E-state index contributed by atoms with van der Waals surface area (Å²) < 4.78 is 17.7. The number of rotatable bonds is 4. The van der Waals surface area contributed by atoms with E-state index in [4.69, 9.17) is 14.2 Å². The van der Waals surface area contributed by atoms with Gasteiger partial charge in [-0.1, -0.05) is 28.7 Å². The van der Waals surface area contributed by atoms with Crippen molar-refractivity contribution in [1.82, 2.24) is 0 Å². The monoisotopic (exact) mass is 362 g/mol. The molecule has 0 bridgehead atoms. The summed E-state index contributed by atoms with van der Waals surface area (Å²) in [6, 6.07) is 6.05. The molecule has 0 saturated carbocycles. The minimum absolute atomic E-state index is 0.193. The van der Waals surface area contributed by atoms with Gasteiger partial charge >= 0.3 is 0 Å². The Labute approximate surface area is 122 Å². The smallest absolute Gasteiger partial charge is 0.161 e. The van der Waals surface area contributed by atoms with Gasteiger partial charge < -0.3 is 14.2 Å². The molecule has 0 radical (unpaired) electrons. The standard InChI is InChI=1S/C14H19IO3/c1-16-13-7-6-10(8-14(13)17-2)12-5-3-4-11(9-15)18-12/h6-8,11-12H,3-5,9H2,1-2H3/t11-,12+/m0/s1. The number of hydrogen-bond acceptors (Lipinski definition) is 3. The highest BCUT2D eigenvalue weighted by Gasteiger charge is 2.23. The van der Waals surface area contributed by atoms with Crippen molar-refractivity contribution < 1.29 is 14.2 Å². The van der Waals surface area contributed by atoms with Gasteiger partial charge in [-0.15, -0.1) is 0 Å². The van der Waals surface area contributed by atoms with Gasteiger partial charge in [-0.05, 0) is 37.0 Å². The van der Waals surface area contributed by atoms with Crippen LogP contribution in [0.4, 0.5) is 0 Å². The van der Waals surface area contributed by atoms with Crippen LogP contribution in [0.1, 0.15) is 30.9 Å². The summed E-state index contributed by atoms with van der Waals surface area (Å²) in [7, 11) is 3.32. The van der Waals surface area contributed by atoms with E-state index in [2.05, 4.69) is 28.7 Å². The number of alkyl halides is 1. The molecule has 1 aliphatic heterocycles. The first-order valence-electron chi connectivity index (χ1n) is 6.21. The lowest BCUT2D eigenvalue weighted by Crippen LogP contribution is -2.23. The third-order valence-electron chi connectivity index (χ3n) is 3.30. The quantitative estimate of drug-likeness (QED) is 0.603. The van der Waals surface area contributed by atoms with Crippen molar-refractivity contribution in [2.24, 2.45) is 0 Å². The molecular formula is C14H19IO3. The Kier molecular flexibility index (Phi) is 5.12. The van der Waals surface area contributed by atoms with Crippen molar-refractivity contribution >= 4 is 22.6 Å². The lowest BCUT2D eigenvalue weighted by atomic mass is 9.98. The van der Waals surface area contributed by atoms with E-state index in [1.807, 2.05) is 12.1 Å². The molecule has 1 heterocycles. The molecule has 0 unspecified atom stereocenters. The molecule has 1 fully saturated rings. The highest BCUT2D eigenvalue weighted by atomic mass is 127. The van der Waals surface area contributed by atoms with E-state index in [9.17, 15) is 0 Å². The second-order valence-corrected chi connectivity index (χ2v) is 5.33. The molecule has 0 amide bonds. The number of ether oxygens (including phenoxy) is 3. The maximum Gasteiger partial charge on any atom is 0.161 e. The zero-order valence-corrected chi connectivity index (χ0v) is 13.0. The van der Waals surface area contributed by atoms with Gasteiger partial charge in [-0.2, -0.15) is 0 Å². The Morgan fingerprint density at radius 2 is 2.00 bits per heavy atom. The Morgan fingerprint density at radius 1 is 1.22 bits per heavy atom. The maximum absolute atomic E-state index is 6.09. The predicted octanol–water partition coefficient (Wildman–Crippen LogP) is 3.75. The number of halogens is 1. The topological polar surface area (TPSA) is 27.7 Å². The lowest BCUT2D eigenvalue weighted by molar-refractivity contribution is -0.0376. The normalized spacial score (nSPS) is 23.7. The van der Waals surface area contributed by atoms with Gasteiger partial charge in [0.15, 0.2) is 11.5 Å². The van der Waals surface area contributed by atoms with Crippen LogP contribution in [-0.2, 0) is 4.74 Å². The zero-order valence-electron chi connectivity index (χ0n) is 10.8. The molecule has 18 heavy (non-hydrogen) atoms. The minimum Gasteiger partial charge on any atom is -0.493 e. The maximum atomic E-state index is 6.09. The fraction of sp³-hybridized carbons (Fsp3) is 0.571. The summed E-state index contributed by atoms with van der Waals surface area (Å²) in [5.74, 6) is 1.54. The molecule has 0 spiro atoms. The second kappa shape index (κ2) is 6.61. The van der Waals surface area contributed by atoms with Crippen molar-refractivity contribution in [2.45, 2.75) is 31.5 Å². The SMILES string of the molecule is COc1ccc([C@H]2CCC[C@@H](CI)O2)cc1OC. The lowest BCUT2D eigenvalue weighted by Gasteiger charge is -2.29. The van der Waals surface area contributed by atoms with E-state index >= 15 is 0 Å². The number of methoxy groups -OCH3 is 2. The van der Waals surface area contributed by atoms with Gasteiger partial charge in [0.05, 0.1) is 26.4 Å². The van der Waals surface area contributed by atoms with Gasteiger partial charge in [0.2, 0.25) is 0 Å². The van der Waals surface area contributed by atoms with Crippen LogP contribution in [0.25, 0.3) is 0 Å². The van der Waals surface area contributed by atoms with E-state index < -0.39 is 0 Å². The van der Waals surface area contributed by atoms with Crippen LogP contribution >= 0.6 is 22.6 Å². The summed E-state index contributed by atoms with van der Waals surface area (Å²) in [5, 5.41) is 0. The molecule has 2 atom stereocenters. The zero-order chi connectivity index (χ0) is 13.0. The molecule has 100 valence electrons. The molecule has 1 aromatic rings. The molecule has 2 rings (SSSR count). The summed E-state index contributed by atoms with van der Waals surface area (Å²) in [6.07, 6.45) is 4.07. The summed E-state index contributed by atoms with van der Waals surface area (Å²) in [4.78, 5) is 0. The van der Waals surface area contributed by atoms with Gasteiger partial charge in [0, 0.05) is 4.43 Å². The van der Waals surface area contributed by atoms with Crippen molar-refractivity contribution in [3.05, 3.63) is 23.8 Å². The molecule has 1 aliphatic rings. The Balaban J connectivity index is 2.17. The Hall–Kier alpha value is -0.490. The van der Waals surface area contributed by atoms with Crippen molar-refractivity contribution in [2.75, 3.05) is 18.6 Å². The minimum atomic E-state index is 0.193. The summed E-state index contributed by atoms with van der Waals surface area (Å²) in [6.45, 7) is 0. The van der Waals surface area contributed by atoms with E-state index in [0.29, 0.717) is 6.10 Å². The first-order valence-corrected chi connectivity index (χ1v) is 7.74. The first kappa shape index (κ1) is 13.9. The van der Waals surface area contributed by atoms with E-state index in [0.717, 1.165) is 22.3 Å². The molecule has 1 saturated heterocycles. The fourth-order valence-corrected chi connectivity index (χ4v) is 2.96. The first-order chi connectivity index (χ1) is 8.78. The predicted molar refractivity (Wildman–Crippen MR) is 79.9 cm³/mol. The molecule has 0 N–H and O–H groups in total. The molecular weight excluding hydrogens is 343 g/mol. The molecule has 0 aliphatic carbocycles. The van der Waals surface area contributed by atoms with Crippen molar-refractivity contribution in [3.8, 4) is 11.5 Å². The molecule has 0 aromatic heterocycles. The van der Waals surface area contributed by atoms with Gasteiger partial charge in [0.25, 0.3) is 0 Å². The van der Waals surface area contributed by atoms with E-state index in [1.165, 1.54) is 18.4 Å². The average molecular weight is 362 g/mol. The third kappa shape index (κ3) is 3.09. The van der Waals surface area contributed by atoms with Crippen LogP contribution < -0.4 is 9.47 Å². The summed E-state index contributed by atoms with van der Waals surface area (Å²) in [5.41, 5.74) is 1.18. The molecule has 1 aromatic carbocycles. The van der Waals surface area contributed by atoms with E-state index in [-0.39, 0.29) is 6.10 Å². The Bertz CT molecular complexity index is 395. The number of hydrogen-bond donors (Lipinski definition) is 0. The van der Waals surface area contributed by atoms with Gasteiger partial charge in [0.1, 0.15) is 0 Å². The highest BCUT2D eigenvalue weighted by Crippen LogP contribution is 2.36. The third-order valence-corrected chi connectivity index (χ3v) is 4.28. The van der Waals surface area contributed by atoms with Crippen LogP contribution in [0.15, 0.2) is 18.2 Å². The van der Waals surface area contributed by atoms with Gasteiger partial charge in [-0.25, -0.2) is 0 Å². The van der Waals surface area contributed by atoms with Crippen LogP contribution in [0.2, 0.25) is 0 Å². The van der Waals surface area contributed by atoms with Gasteiger partial charge in [-0.3, -0.25) is 0 Å². The van der Waals surface area contributed by atoms with Crippen LogP contribution in [0.5, 0.6) is 11.5 Å². The van der Waals surface area contributed by atoms with Crippen molar-refractivity contribution in [3.63, 3.8) is 0 Å². The number of benzene rings is 1. The molecule has 3 nitrogen and oxygen atoms in total. The van der Waals surface area contributed by atoms with Crippen molar-refractivity contribution in [1.29, 1.82) is 0 Å². The Morgan fingerprint density at radius 3 is 2.67 bits per heavy atom. The fourth-order valence-electron chi connectivity index (χ4n) is 2.31. The van der Waals surface area contributed by atoms with Crippen LogP contribution in [-0.4, -0.2) is 24.8 Å². The summed E-state index contributed by atoms with van der Waals surface area (Å²) >= 11 is 2.39. The second-order valence-electron chi connectivity index (χ2n) is 4.45. The van der Waals surface area contributed by atoms with Crippen LogP contribution in [0.3, 0.4) is 0 Å². The molecule has 4 heteroatoms. The van der Waals surface area contributed by atoms with E-state index in [1.54, 1.807) is 14.2 Å². The highest BCUT2D eigenvalue weighted by molar-refractivity contribution is 14.1. The largest absolute Gasteiger partial charge is 0.493 e. The van der Waals surface area contributed by atoms with Crippen LogP contribution in [0, 0.1) is 0 Å². The average Bonchev–Trinajstić information content (AvgIpc) is 2.46.